The number of rotatable bonds is 35. The SMILES string of the molecule is CCCC[N+](CCCC)(CCCC)CCCC.CN=C(NOC(=O)COCCOCCOCCOCCOCCOCCOC)[C@@H]1c2c(cnn2C)[C@@H]2CN1C(=O)N2OS(=O)(=O)[O-]. The van der Waals surface area contributed by atoms with Crippen LogP contribution in [-0.2, 0) is 64.5 Å². The van der Waals surface area contributed by atoms with E-state index in [4.69, 9.17) is 38.0 Å². The largest absolute Gasteiger partial charge is 0.724 e. The van der Waals surface area contributed by atoms with Crippen LogP contribution in [0.15, 0.2) is 11.2 Å². The van der Waals surface area contributed by atoms with Gasteiger partial charge in [0.15, 0.2) is 5.84 Å². The number of aliphatic imine (C=N–C) groups is 1. The molecule has 0 spiro atoms. The van der Waals surface area contributed by atoms with E-state index in [-0.39, 0.29) is 25.6 Å². The number of aromatic nitrogens is 2. The summed E-state index contributed by atoms with van der Waals surface area (Å²) in [5.41, 5.74) is 3.34. The number of carbonyl (C=O) groups is 2. The molecular formula is C41H77N7O14S. The summed E-state index contributed by atoms with van der Waals surface area (Å²) >= 11 is 0. The number of hydrogen-bond donors (Lipinski definition) is 1. The van der Waals surface area contributed by atoms with Gasteiger partial charge in [0.05, 0.1) is 124 Å². The summed E-state index contributed by atoms with van der Waals surface area (Å²) in [5, 5.41) is 4.66. The first-order valence-corrected chi connectivity index (χ1v) is 23.7. The van der Waals surface area contributed by atoms with Crippen molar-refractivity contribution >= 4 is 28.2 Å². The van der Waals surface area contributed by atoms with E-state index >= 15 is 0 Å². The van der Waals surface area contributed by atoms with E-state index in [0.29, 0.717) is 82.4 Å². The minimum absolute atomic E-state index is 0.0309. The molecule has 63 heavy (non-hydrogen) atoms. The van der Waals surface area contributed by atoms with Crippen molar-refractivity contribution in [1.29, 1.82) is 0 Å². The number of nitrogens with zero attached hydrogens (tertiary/aromatic N) is 6. The van der Waals surface area contributed by atoms with Crippen molar-refractivity contribution in [2.24, 2.45) is 12.0 Å². The molecular weight excluding hydrogens is 847 g/mol. The van der Waals surface area contributed by atoms with Gasteiger partial charge in [0.1, 0.15) is 18.7 Å². The summed E-state index contributed by atoms with van der Waals surface area (Å²) in [4.78, 5) is 35.6. The van der Waals surface area contributed by atoms with E-state index in [9.17, 15) is 22.6 Å². The van der Waals surface area contributed by atoms with Crippen molar-refractivity contribution in [2.45, 2.75) is 91.1 Å². The van der Waals surface area contributed by atoms with Crippen molar-refractivity contribution in [2.75, 3.05) is 133 Å². The maximum absolute atomic E-state index is 13.0. The summed E-state index contributed by atoms with van der Waals surface area (Å²) in [6, 6.07) is -2.74. The molecule has 1 aromatic heterocycles. The molecule has 1 N–H and O–H groups in total. The number of carbonyl (C=O) groups excluding carboxylic acids is 2. The highest BCUT2D eigenvalue weighted by molar-refractivity contribution is 7.80. The van der Waals surface area contributed by atoms with E-state index in [1.807, 2.05) is 0 Å². The number of ether oxygens (including phenoxy) is 7. The van der Waals surface area contributed by atoms with Crippen LogP contribution in [-0.4, -0.2) is 188 Å². The molecule has 1 fully saturated rings. The number of methoxy groups -OCH3 is 1. The minimum Gasteiger partial charge on any atom is -0.724 e. The lowest BCUT2D eigenvalue weighted by Crippen LogP contribution is -2.50. The minimum atomic E-state index is -5.22. The average molecular weight is 924 g/mol. The van der Waals surface area contributed by atoms with Crippen LogP contribution in [0.25, 0.3) is 0 Å². The normalized spacial score (nSPS) is 16.3. The maximum atomic E-state index is 13.0. The predicted molar refractivity (Wildman–Crippen MR) is 232 cm³/mol. The molecule has 2 aliphatic heterocycles. The fraction of sp³-hybridized carbons (Fsp3) is 0.854. The monoisotopic (exact) mass is 924 g/mol. The maximum Gasteiger partial charge on any atom is 0.357 e. The highest BCUT2D eigenvalue weighted by Gasteiger charge is 2.53. The number of quaternary nitrogens is 1. The first-order chi connectivity index (χ1) is 30.4. The third-order valence-electron chi connectivity index (χ3n) is 10.4. The van der Waals surface area contributed by atoms with Crippen LogP contribution in [0.3, 0.4) is 0 Å². The summed E-state index contributed by atoms with van der Waals surface area (Å²) in [7, 11) is -0.596. The standard InChI is InChI=1S/C25H42N6O14S.C16H36N/c1-26-24(23-22-19(16-27-29(22)2)20-17-30(23)25(33)31(20)45-46(34,35)36)28-44-21(32)18-43-15-14-42-13-12-41-11-10-40-9-8-39-7-6-38-5-4-37-3;1-5-9-13-17(14-10-6-2,15-11-7-3)16-12-8-4/h16,20,23H,4-15,17-18H2,1-3H3,(H,26,28)(H,34,35,36);5-16H2,1-4H3/q;+1/p-1/t20-,23-;/m0./s1. The predicted octanol–water partition coefficient (Wildman–Crippen LogP) is 3.47. The second kappa shape index (κ2) is 32.6. The van der Waals surface area contributed by atoms with Crippen molar-refractivity contribution < 1.29 is 69.3 Å². The molecule has 2 bridgehead atoms. The van der Waals surface area contributed by atoms with Gasteiger partial charge < -0.3 is 51.9 Å². The smallest absolute Gasteiger partial charge is 0.357 e. The van der Waals surface area contributed by atoms with Gasteiger partial charge >= 0.3 is 12.0 Å². The van der Waals surface area contributed by atoms with Gasteiger partial charge in [0.25, 0.3) is 0 Å². The van der Waals surface area contributed by atoms with Gasteiger partial charge in [0, 0.05) is 26.8 Å². The van der Waals surface area contributed by atoms with Crippen LogP contribution in [0.5, 0.6) is 0 Å². The number of amides is 2. The summed E-state index contributed by atoms with van der Waals surface area (Å²) in [6.45, 7) is 19.5. The summed E-state index contributed by atoms with van der Waals surface area (Å²) in [5.74, 6) is -0.738. The highest BCUT2D eigenvalue weighted by Crippen LogP contribution is 2.44. The van der Waals surface area contributed by atoms with E-state index < -0.39 is 41.1 Å². The Balaban J connectivity index is 0.000000677. The van der Waals surface area contributed by atoms with Crippen LogP contribution in [0.2, 0.25) is 0 Å². The van der Waals surface area contributed by atoms with Gasteiger partial charge in [-0.1, -0.05) is 53.4 Å². The number of nitrogens with one attached hydrogen (secondary N) is 1. The third kappa shape index (κ3) is 21.2. The number of fused-ring (bicyclic) bond motifs is 4. The lowest BCUT2D eigenvalue weighted by atomic mass is 9.97. The first-order valence-electron chi connectivity index (χ1n) is 22.4. The molecule has 3 rings (SSSR count). The zero-order valence-corrected chi connectivity index (χ0v) is 39.7. The molecule has 21 nitrogen and oxygen atoms in total. The molecule has 0 aliphatic carbocycles. The fourth-order valence-electron chi connectivity index (χ4n) is 7.11. The van der Waals surface area contributed by atoms with Gasteiger partial charge in [-0.25, -0.2) is 23.5 Å². The Morgan fingerprint density at radius 3 is 1.65 bits per heavy atom. The van der Waals surface area contributed by atoms with Crippen molar-refractivity contribution in [3.8, 4) is 0 Å². The van der Waals surface area contributed by atoms with Crippen LogP contribution in [0.4, 0.5) is 4.79 Å². The van der Waals surface area contributed by atoms with Gasteiger partial charge in [-0.15, -0.1) is 0 Å². The number of hydrogen-bond acceptors (Lipinski definition) is 16. The number of amidine groups is 1. The lowest BCUT2D eigenvalue weighted by molar-refractivity contribution is -0.929. The molecule has 1 aromatic rings. The van der Waals surface area contributed by atoms with E-state index in [2.05, 4.69) is 47.5 Å². The molecule has 0 unspecified atom stereocenters. The van der Waals surface area contributed by atoms with Crippen molar-refractivity contribution in [3.63, 3.8) is 0 Å². The van der Waals surface area contributed by atoms with Crippen LogP contribution >= 0.6 is 0 Å². The zero-order chi connectivity index (χ0) is 46.4. The Labute approximate surface area is 375 Å². The van der Waals surface area contributed by atoms with Crippen LogP contribution in [0, 0.1) is 0 Å². The molecule has 2 amide bonds. The quantitative estimate of drug-likeness (QED) is 0.0196. The molecule has 22 heteroatoms. The summed E-state index contributed by atoms with van der Waals surface area (Å²) < 4.78 is 78.0. The Hall–Kier alpha value is -3.03. The summed E-state index contributed by atoms with van der Waals surface area (Å²) in [6.07, 6.45) is 12.5. The molecule has 366 valence electrons. The Morgan fingerprint density at radius 2 is 1.24 bits per heavy atom. The van der Waals surface area contributed by atoms with E-state index in [1.165, 1.54) is 105 Å². The number of aryl methyl sites for hydroxylation is 1. The molecule has 0 aromatic carbocycles. The van der Waals surface area contributed by atoms with Gasteiger partial charge in [-0.2, -0.15) is 14.4 Å². The van der Waals surface area contributed by atoms with E-state index in [0.717, 1.165) is 0 Å². The number of unbranched alkanes of at least 4 members (excludes halogenated alkanes) is 4. The molecule has 1 saturated heterocycles. The Bertz CT molecular complexity index is 1500. The third-order valence-corrected chi connectivity index (χ3v) is 10.8. The highest BCUT2D eigenvalue weighted by atomic mass is 32.3. The lowest BCUT2D eigenvalue weighted by Gasteiger charge is -2.39. The second-order valence-electron chi connectivity index (χ2n) is 15.2. The van der Waals surface area contributed by atoms with Crippen molar-refractivity contribution in [1.82, 2.24) is 25.2 Å². The van der Waals surface area contributed by atoms with Crippen LogP contribution in [0.1, 0.15) is 102 Å². The second-order valence-corrected chi connectivity index (χ2v) is 16.2. The molecule has 0 saturated carbocycles. The Morgan fingerprint density at radius 1 is 0.794 bits per heavy atom. The zero-order valence-electron chi connectivity index (χ0n) is 38.9. The van der Waals surface area contributed by atoms with Gasteiger partial charge in [-0.3, -0.25) is 9.67 Å². The topological polar surface area (TPSA) is 223 Å². The van der Waals surface area contributed by atoms with Gasteiger partial charge in [-0.05, 0) is 25.7 Å². The first kappa shape index (κ1) is 56.1. The molecule has 0 radical (unpaired) electrons. The van der Waals surface area contributed by atoms with Crippen LogP contribution < -0.4 is 5.48 Å². The molecule has 2 atom stereocenters. The average Bonchev–Trinajstić information content (AvgIpc) is 3.78. The number of hydroxylamine groups is 3. The molecule has 2 aliphatic rings. The van der Waals surface area contributed by atoms with E-state index in [1.54, 1.807) is 14.2 Å². The van der Waals surface area contributed by atoms with Gasteiger partial charge in [0.2, 0.25) is 10.4 Å². The molecule has 3 heterocycles. The van der Waals surface area contributed by atoms with Crippen molar-refractivity contribution in [3.05, 3.63) is 17.5 Å². The Kier molecular flexibility index (Phi) is 29.0. The fourth-order valence-corrected chi connectivity index (χ4v) is 7.47. The number of urea groups is 1.